The third-order valence-corrected chi connectivity index (χ3v) is 6.29. The molecule has 5 heterocycles. The third-order valence-electron chi connectivity index (χ3n) is 6.29. The lowest BCUT2D eigenvalue weighted by molar-refractivity contribution is 0.0268. The van der Waals surface area contributed by atoms with Crippen LogP contribution in [0, 0.1) is 12.8 Å². The van der Waals surface area contributed by atoms with Crippen LogP contribution in [-0.4, -0.2) is 77.5 Å². The molecule has 3 aromatic rings. The predicted octanol–water partition coefficient (Wildman–Crippen LogP) is 1.60. The van der Waals surface area contributed by atoms with Gasteiger partial charge in [-0.3, -0.25) is 14.6 Å². The van der Waals surface area contributed by atoms with Gasteiger partial charge in [0, 0.05) is 31.7 Å². The summed E-state index contributed by atoms with van der Waals surface area (Å²) < 4.78 is 8.44. The summed E-state index contributed by atoms with van der Waals surface area (Å²) in [5.41, 5.74) is 0.609. The Kier molecular flexibility index (Phi) is 4.80. The standard InChI is InChI=1S/C22H27N7O4/c1-13-15(10-23-29(13)20-24-18(30)16-6-5-8-28(16)25-20)19(31)27-9-7-14-11-26(12-17(14)27)21(32)33-22(2,3)4/h5-6,8,10,14,17H,7,9,11-12H2,1-4H3,(H,24,25,30)/t14-,17+/m1/s1. The normalized spacial score (nSPS) is 20.5. The van der Waals surface area contributed by atoms with Crippen LogP contribution in [-0.2, 0) is 4.74 Å². The lowest BCUT2D eigenvalue weighted by atomic mass is 10.0. The van der Waals surface area contributed by atoms with Gasteiger partial charge >= 0.3 is 6.09 Å². The molecule has 2 aliphatic heterocycles. The molecule has 2 aliphatic rings. The fourth-order valence-electron chi connectivity index (χ4n) is 4.70. The van der Waals surface area contributed by atoms with E-state index in [1.165, 1.54) is 15.4 Å². The molecule has 0 radical (unpaired) electrons. The van der Waals surface area contributed by atoms with Crippen LogP contribution >= 0.6 is 0 Å². The first-order valence-corrected chi connectivity index (χ1v) is 11.0. The Hall–Kier alpha value is -3.63. The molecule has 5 rings (SSSR count). The summed E-state index contributed by atoms with van der Waals surface area (Å²) in [5, 5.41) is 8.71. The van der Waals surface area contributed by atoms with Crippen LogP contribution in [0.2, 0.25) is 0 Å². The number of hydrogen-bond donors (Lipinski definition) is 1. The van der Waals surface area contributed by atoms with E-state index in [2.05, 4.69) is 15.2 Å². The Labute approximate surface area is 189 Å². The molecule has 1 N–H and O–H groups in total. The monoisotopic (exact) mass is 453 g/mol. The Morgan fingerprint density at radius 3 is 2.79 bits per heavy atom. The second kappa shape index (κ2) is 7.46. The fourth-order valence-corrected chi connectivity index (χ4v) is 4.70. The van der Waals surface area contributed by atoms with Gasteiger partial charge in [-0.2, -0.15) is 5.10 Å². The van der Waals surface area contributed by atoms with Gasteiger partial charge in [0.2, 0.25) is 5.95 Å². The van der Waals surface area contributed by atoms with Gasteiger partial charge in [0.25, 0.3) is 11.5 Å². The minimum atomic E-state index is -0.561. The Balaban J connectivity index is 1.37. The van der Waals surface area contributed by atoms with Gasteiger partial charge < -0.3 is 14.5 Å². The van der Waals surface area contributed by atoms with E-state index in [1.807, 2.05) is 25.7 Å². The van der Waals surface area contributed by atoms with Crippen molar-refractivity contribution in [1.82, 2.24) is 34.2 Å². The van der Waals surface area contributed by atoms with Crippen molar-refractivity contribution in [2.75, 3.05) is 19.6 Å². The van der Waals surface area contributed by atoms with Crippen LogP contribution in [0.3, 0.4) is 0 Å². The SMILES string of the molecule is Cc1c(C(=O)N2CC[C@@H]3CN(C(=O)OC(C)(C)C)C[C@@H]32)cnn1-c1nn2cccc2c(=O)[nH]1. The molecule has 174 valence electrons. The number of carbonyl (C=O) groups excluding carboxylic acids is 2. The van der Waals surface area contributed by atoms with Gasteiger partial charge in [-0.1, -0.05) is 0 Å². The van der Waals surface area contributed by atoms with E-state index in [-0.39, 0.29) is 35.5 Å². The fraction of sp³-hybridized carbons (Fsp3) is 0.500. The van der Waals surface area contributed by atoms with Crippen LogP contribution in [0.15, 0.2) is 29.3 Å². The van der Waals surface area contributed by atoms with Crippen molar-refractivity contribution in [3.05, 3.63) is 46.1 Å². The average Bonchev–Trinajstić information content (AvgIpc) is 3.49. The van der Waals surface area contributed by atoms with Gasteiger partial charge in [-0.05, 0) is 46.2 Å². The van der Waals surface area contributed by atoms with Crippen molar-refractivity contribution in [3.8, 4) is 5.95 Å². The van der Waals surface area contributed by atoms with Crippen LogP contribution in [0.25, 0.3) is 11.5 Å². The zero-order valence-corrected chi connectivity index (χ0v) is 19.1. The van der Waals surface area contributed by atoms with E-state index < -0.39 is 5.60 Å². The molecule has 11 nitrogen and oxygen atoms in total. The highest BCUT2D eigenvalue weighted by Crippen LogP contribution is 2.33. The second-order valence-electron chi connectivity index (χ2n) is 9.67. The number of amides is 2. The predicted molar refractivity (Wildman–Crippen MR) is 118 cm³/mol. The zero-order chi connectivity index (χ0) is 23.5. The first-order chi connectivity index (χ1) is 15.6. The van der Waals surface area contributed by atoms with Crippen molar-refractivity contribution in [2.24, 2.45) is 5.92 Å². The summed E-state index contributed by atoms with van der Waals surface area (Å²) in [6.45, 7) is 8.97. The topological polar surface area (TPSA) is 118 Å². The Bertz CT molecular complexity index is 1300. The van der Waals surface area contributed by atoms with Crippen LogP contribution < -0.4 is 5.56 Å². The van der Waals surface area contributed by atoms with Crippen molar-refractivity contribution in [3.63, 3.8) is 0 Å². The molecule has 0 bridgehead atoms. The average molecular weight is 454 g/mol. The molecule has 2 atom stereocenters. The van der Waals surface area contributed by atoms with Gasteiger partial charge in [-0.25, -0.2) is 14.0 Å². The number of H-pyrrole nitrogens is 1. The molecule has 0 saturated carbocycles. The minimum Gasteiger partial charge on any atom is -0.444 e. The quantitative estimate of drug-likeness (QED) is 0.630. The molecule has 2 amide bonds. The second-order valence-corrected chi connectivity index (χ2v) is 9.67. The molecule has 3 aromatic heterocycles. The van der Waals surface area contributed by atoms with Crippen molar-refractivity contribution in [2.45, 2.75) is 45.8 Å². The lowest BCUT2D eigenvalue weighted by Gasteiger charge is -2.27. The van der Waals surface area contributed by atoms with Gasteiger partial charge in [0.15, 0.2) is 0 Å². The number of nitrogens with zero attached hydrogens (tertiary/aromatic N) is 6. The first-order valence-electron chi connectivity index (χ1n) is 11.0. The molecular weight excluding hydrogens is 426 g/mol. The van der Waals surface area contributed by atoms with Crippen molar-refractivity contribution < 1.29 is 14.3 Å². The van der Waals surface area contributed by atoms with Crippen LogP contribution in [0.1, 0.15) is 43.2 Å². The molecule has 0 aromatic carbocycles. The Morgan fingerprint density at radius 1 is 1.24 bits per heavy atom. The van der Waals surface area contributed by atoms with E-state index in [4.69, 9.17) is 4.74 Å². The van der Waals surface area contributed by atoms with E-state index in [1.54, 1.807) is 30.2 Å². The van der Waals surface area contributed by atoms with Gasteiger partial charge in [0.05, 0.1) is 23.5 Å². The van der Waals surface area contributed by atoms with Gasteiger partial charge in [-0.15, -0.1) is 5.10 Å². The summed E-state index contributed by atoms with van der Waals surface area (Å²) in [4.78, 5) is 44.5. The summed E-state index contributed by atoms with van der Waals surface area (Å²) >= 11 is 0. The zero-order valence-electron chi connectivity index (χ0n) is 19.1. The summed E-state index contributed by atoms with van der Waals surface area (Å²) in [7, 11) is 0. The molecule has 0 spiro atoms. The number of fused-ring (bicyclic) bond motifs is 2. The highest BCUT2D eigenvalue weighted by molar-refractivity contribution is 5.95. The number of rotatable bonds is 2. The maximum Gasteiger partial charge on any atom is 0.410 e. The van der Waals surface area contributed by atoms with E-state index in [0.717, 1.165) is 6.42 Å². The smallest absolute Gasteiger partial charge is 0.410 e. The number of nitrogens with one attached hydrogen (secondary N) is 1. The minimum absolute atomic E-state index is 0.0538. The number of hydrogen-bond acceptors (Lipinski definition) is 6. The highest BCUT2D eigenvalue weighted by Gasteiger charge is 2.46. The summed E-state index contributed by atoms with van der Waals surface area (Å²) in [6.07, 6.45) is 3.68. The number of carbonyl (C=O) groups is 2. The Morgan fingerprint density at radius 2 is 2.03 bits per heavy atom. The summed E-state index contributed by atoms with van der Waals surface area (Å²) in [5.74, 6) is 0.323. The van der Waals surface area contributed by atoms with Crippen LogP contribution in [0.5, 0.6) is 0 Å². The van der Waals surface area contributed by atoms with E-state index in [9.17, 15) is 14.4 Å². The van der Waals surface area contributed by atoms with Crippen LogP contribution in [0.4, 0.5) is 4.79 Å². The number of likely N-dealkylation sites (tertiary alicyclic amines) is 2. The molecule has 2 saturated heterocycles. The molecule has 11 heteroatoms. The van der Waals surface area contributed by atoms with Crippen molar-refractivity contribution >= 4 is 17.5 Å². The van der Waals surface area contributed by atoms with E-state index in [0.29, 0.717) is 36.4 Å². The first kappa shape index (κ1) is 21.2. The largest absolute Gasteiger partial charge is 0.444 e. The highest BCUT2D eigenvalue weighted by atomic mass is 16.6. The molecule has 2 fully saturated rings. The number of aromatic amines is 1. The molecule has 0 aliphatic carbocycles. The summed E-state index contributed by atoms with van der Waals surface area (Å²) in [6, 6.07) is 3.35. The molecular formula is C22H27N7O4. The lowest BCUT2D eigenvalue weighted by Crippen LogP contribution is -2.42. The van der Waals surface area contributed by atoms with E-state index >= 15 is 0 Å². The van der Waals surface area contributed by atoms with Crippen molar-refractivity contribution in [1.29, 1.82) is 0 Å². The molecule has 33 heavy (non-hydrogen) atoms. The maximum atomic E-state index is 13.4. The van der Waals surface area contributed by atoms with Gasteiger partial charge in [0.1, 0.15) is 11.1 Å². The number of ether oxygens (including phenoxy) is 1. The number of aromatic nitrogens is 5. The maximum absolute atomic E-state index is 13.4. The third kappa shape index (κ3) is 3.66. The molecule has 0 unspecified atom stereocenters.